The number of benzene rings is 1. The van der Waals surface area contributed by atoms with Crippen LogP contribution in [0.1, 0.15) is 37.3 Å². The molecule has 1 N–H and O–H groups in total. The van der Waals surface area contributed by atoms with Gasteiger partial charge in [-0.15, -0.1) is 0 Å². The summed E-state index contributed by atoms with van der Waals surface area (Å²) < 4.78 is 0. The number of hydrogen-bond donors (Lipinski definition) is 1. The molecule has 0 radical (unpaired) electrons. The third kappa shape index (κ3) is 3.16. The van der Waals surface area contributed by atoms with Crippen molar-refractivity contribution in [1.82, 2.24) is 5.32 Å². The Morgan fingerprint density at radius 3 is 2.59 bits per heavy atom. The van der Waals surface area contributed by atoms with Gasteiger partial charge in [-0.25, -0.2) is 0 Å². The van der Waals surface area contributed by atoms with E-state index in [4.69, 9.17) is 0 Å². The highest BCUT2D eigenvalue weighted by Crippen LogP contribution is 2.17. The summed E-state index contributed by atoms with van der Waals surface area (Å²) in [7, 11) is 0. The van der Waals surface area contributed by atoms with Crippen molar-refractivity contribution in [3.8, 4) is 0 Å². The zero-order valence-electron chi connectivity index (χ0n) is 10.7. The van der Waals surface area contributed by atoms with Gasteiger partial charge in [-0.05, 0) is 30.0 Å². The van der Waals surface area contributed by atoms with E-state index in [-0.39, 0.29) is 5.92 Å². The first-order chi connectivity index (χ1) is 8.16. The second-order valence-electron chi connectivity index (χ2n) is 5.23. The predicted molar refractivity (Wildman–Crippen MR) is 70.2 cm³/mol. The van der Waals surface area contributed by atoms with Gasteiger partial charge in [-0.3, -0.25) is 4.79 Å². The van der Waals surface area contributed by atoms with Crippen molar-refractivity contribution >= 4 is 5.78 Å². The molecule has 1 aliphatic heterocycles. The fraction of sp³-hybridized carbons (Fsp3) is 0.533. The SMILES string of the molecule is CC(C)c1ccc(CC(=O)C2CCNC2)cc1. The molecule has 2 heteroatoms. The van der Waals surface area contributed by atoms with Crippen LogP contribution < -0.4 is 5.32 Å². The van der Waals surface area contributed by atoms with Crippen LogP contribution in [0.2, 0.25) is 0 Å². The molecule has 0 amide bonds. The molecule has 1 unspecified atom stereocenters. The lowest BCUT2D eigenvalue weighted by molar-refractivity contribution is -0.121. The van der Waals surface area contributed by atoms with Crippen LogP contribution in [0.3, 0.4) is 0 Å². The molecule has 1 saturated heterocycles. The number of carbonyl (C=O) groups is 1. The zero-order valence-corrected chi connectivity index (χ0v) is 10.7. The number of carbonyl (C=O) groups excluding carboxylic acids is 1. The highest BCUT2D eigenvalue weighted by atomic mass is 16.1. The lowest BCUT2D eigenvalue weighted by Crippen LogP contribution is -2.19. The van der Waals surface area contributed by atoms with Crippen molar-refractivity contribution in [3.05, 3.63) is 35.4 Å². The van der Waals surface area contributed by atoms with Gasteiger partial charge in [-0.2, -0.15) is 0 Å². The van der Waals surface area contributed by atoms with Gasteiger partial charge in [-0.1, -0.05) is 38.1 Å². The standard InChI is InChI=1S/C15H21NO/c1-11(2)13-5-3-12(4-6-13)9-15(17)14-7-8-16-10-14/h3-6,11,14,16H,7-10H2,1-2H3. The van der Waals surface area contributed by atoms with Crippen molar-refractivity contribution < 1.29 is 4.79 Å². The van der Waals surface area contributed by atoms with Crippen LogP contribution in [0.25, 0.3) is 0 Å². The molecule has 1 heterocycles. The monoisotopic (exact) mass is 231 g/mol. The Balaban J connectivity index is 1.96. The van der Waals surface area contributed by atoms with Gasteiger partial charge in [0.15, 0.2) is 0 Å². The Bertz CT molecular complexity index is 374. The second kappa shape index (κ2) is 5.46. The van der Waals surface area contributed by atoms with E-state index in [9.17, 15) is 4.79 Å². The van der Waals surface area contributed by atoms with Crippen LogP contribution in [-0.4, -0.2) is 18.9 Å². The van der Waals surface area contributed by atoms with Gasteiger partial charge in [0, 0.05) is 18.9 Å². The Labute approximate surface area is 103 Å². The van der Waals surface area contributed by atoms with E-state index < -0.39 is 0 Å². The van der Waals surface area contributed by atoms with Crippen LogP contribution in [0.4, 0.5) is 0 Å². The van der Waals surface area contributed by atoms with E-state index in [1.165, 1.54) is 5.56 Å². The lowest BCUT2D eigenvalue weighted by atomic mass is 9.95. The fourth-order valence-electron chi connectivity index (χ4n) is 2.30. The zero-order chi connectivity index (χ0) is 12.3. The van der Waals surface area contributed by atoms with Gasteiger partial charge in [0.25, 0.3) is 0 Å². The molecule has 92 valence electrons. The topological polar surface area (TPSA) is 29.1 Å². The molecular formula is C15H21NO. The molecule has 2 nitrogen and oxygen atoms in total. The molecule has 1 atom stereocenters. The first-order valence-electron chi connectivity index (χ1n) is 6.49. The molecule has 0 aromatic heterocycles. The number of Topliss-reactive ketones (excluding diaryl/α,β-unsaturated/α-hetero) is 1. The van der Waals surface area contributed by atoms with Gasteiger partial charge in [0.1, 0.15) is 5.78 Å². The Kier molecular flexibility index (Phi) is 3.95. The molecular weight excluding hydrogens is 210 g/mol. The van der Waals surface area contributed by atoms with E-state index in [2.05, 4.69) is 43.4 Å². The first kappa shape index (κ1) is 12.3. The molecule has 1 aliphatic rings. The second-order valence-corrected chi connectivity index (χ2v) is 5.23. The van der Waals surface area contributed by atoms with E-state index in [1.54, 1.807) is 0 Å². The molecule has 0 spiro atoms. The maximum absolute atomic E-state index is 12.0. The van der Waals surface area contributed by atoms with E-state index in [0.717, 1.165) is 25.1 Å². The number of ketones is 1. The van der Waals surface area contributed by atoms with Crippen LogP contribution >= 0.6 is 0 Å². The molecule has 17 heavy (non-hydrogen) atoms. The quantitative estimate of drug-likeness (QED) is 0.862. The Hall–Kier alpha value is -1.15. The van der Waals surface area contributed by atoms with Gasteiger partial charge < -0.3 is 5.32 Å². The highest BCUT2D eigenvalue weighted by Gasteiger charge is 2.22. The van der Waals surface area contributed by atoms with Crippen molar-refractivity contribution in [1.29, 1.82) is 0 Å². The summed E-state index contributed by atoms with van der Waals surface area (Å²) in [6, 6.07) is 8.46. The molecule has 1 aromatic rings. The van der Waals surface area contributed by atoms with Crippen molar-refractivity contribution in [2.45, 2.75) is 32.6 Å². The fourth-order valence-corrected chi connectivity index (χ4v) is 2.30. The first-order valence-corrected chi connectivity index (χ1v) is 6.49. The molecule has 1 fully saturated rings. The summed E-state index contributed by atoms with van der Waals surface area (Å²) >= 11 is 0. The van der Waals surface area contributed by atoms with Gasteiger partial charge >= 0.3 is 0 Å². The van der Waals surface area contributed by atoms with Crippen molar-refractivity contribution in [2.75, 3.05) is 13.1 Å². The van der Waals surface area contributed by atoms with Crippen molar-refractivity contribution in [3.63, 3.8) is 0 Å². The average Bonchev–Trinajstić information content (AvgIpc) is 2.83. The van der Waals surface area contributed by atoms with Gasteiger partial charge in [0.2, 0.25) is 0 Å². The largest absolute Gasteiger partial charge is 0.316 e. The molecule has 0 bridgehead atoms. The predicted octanol–water partition coefficient (Wildman–Crippen LogP) is 2.53. The van der Waals surface area contributed by atoms with E-state index in [1.807, 2.05) is 0 Å². The molecule has 0 aliphatic carbocycles. The van der Waals surface area contributed by atoms with Crippen molar-refractivity contribution in [2.24, 2.45) is 5.92 Å². The summed E-state index contributed by atoms with van der Waals surface area (Å²) in [5, 5.41) is 3.24. The minimum Gasteiger partial charge on any atom is -0.316 e. The Morgan fingerprint density at radius 1 is 1.35 bits per heavy atom. The summed E-state index contributed by atoms with van der Waals surface area (Å²) in [6.07, 6.45) is 1.59. The van der Waals surface area contributed by atoms with Crippen LogP contribution in [0.5, 0.6) is 0 Å². The maximum Gasteiger partial charge on any atom is 0.141 e. The van der Waals surface area contributed by atoms with Crippen LogP contribution in [0, 0.1) is 5.92 Å². The maximum atomic E-state index is 12.0. The third-order valence-corrected chi connectivity index (χ3v) is 3.54. The minimum atomic E-state index is 0.236. The summed E-state index contributed by atoms with van der Waals surface area (Å²) in [4.78, 5) is 12.0. The number of rotatable bonds is 4. The van der Waals surface area contributed by atoms with E-state index in [0.29, 0.717) is 18.1 Å². The lowest BCUT2D eigenvalue weighted by Gasteiger charge is -2.09. The minimum absolute atomic E-state index is 0.236. The normalized spacial score (nSPS) is 19.8. The molecule has 2 rings (SSSR count). The molecule has 0 saturated carbocycles. The smallest absolute Gasteiger partial charge is 0.141 e. The number of nitrogens with one attached hydrogen (secondary N) is 1. The summed E-state index contributed by atoms with van der Waals surface area (Å²) in [6.45, 7) is 6.22. The summed E-state index contributed by atoms with van der Waals surface area (Å²) in [5.41, 5.74) is 2.48. The highest BCUT2D eigenvalue weighted by molar-refractivity contribution is 5.83. The third-order valence-electron chi connectivity index (χ3n) is 3.54. The van der Waals surface area contributed by atoms with Crippen LogP contribution in [0.15, 0.2) is 24.3 Å². The number of hydrogen-bond acceptors (Lipinski definition) is 2. The Morgan fingerprint density at radius 2 is 2.06 bits per heavy atom. The van der Waals surface area contributed by atoms with Gasteiger partial charge in [0.05, 0.1) is 0 Å². The summed E-state index contributed by atoms with van der Waals surface area (Å²) in [5.74, 6) is 1.17. The van der Waals surface area contributed by atoms with Crippen LogP contribution in [-0.2, 0) is 11.2 Å². The molecule has 1 aromatic carbocycles. The van der Waals surface area contributed by atoms with E-state index >= 15 is 0 Å². The average molecular weight is 231 g/mol.